The first-order valence-electron chi connectivity index (χ1n) is 19.9. The van der Waals surface area contributed by atoms with Crippen LogP contribution in [0.5, 0.6) is 0 Å². The zero-order valence-electron chi connectivity index (χ0n) is 31.4. The lowest BCUT2D eigenvalue weighted by molar-refractivity contribution is 1.14. The first-order chi connectivity index (χ1) is 28.8. The minimum Gasteiger partial charge on any atom is -0.309 e. The second kappa shape index (κ2) is 11.8. The van der Waals surface area contributed by atoms with Gasteiger partial charge in [-0.3, -0.25) is 0 Å². The fraction of sp³-hybridized carbons (Fsp3) is 0. The maximum absolute atomic E-state index is 2.46. The maximum Gasteiger partial charge on any atom is 0.0561 e. The van der Waals surface area contributed by atoms with Gasteiger partial charge >= 0.3 is 0 Å². The summed E-state index contributed by atoms with van der Waals surface area (Å²) >= 11 is 0. The lowest BCUT2D eigenvalue weighted by Gasteiger charge is -2.13. The molecule has 4 heteroatoms. The molecule has 0 bridgehead atoms. The predicted octanol–water partition coefficient (Wildman–Crippen LogP) is 14.1. The van der Waals surface area contributed by atoms with Gasteiger partial charge in [0.15, 0.2) is 0 Å². The van der Waals surface area contributed by atoms with Crippen LogP contribution in [0.3, 0.4) is 0 Å². The molecule has 0 radical (unpaired) electrons. The van der Waals surface area contributed by atoms with E-state index < -0.39 is 0 Å². The fourth-order valence-electron chi connectivity index (χ4n) is 9.91. The van der Waals surface area contributed by atoms with Gasteiger partial charge in [0.2, 0.25) is 0 Å². The molecule has 0 atom stereocenters. The van der Waals surface area contributed by atoms with Crippen LogP contribution in [0.1, 0.15) is 0 Å². The number of para-hydroxylation sites is 6. The van der Waals surface area contributed by atoms with Gasteiger partial charge < -0.3 is 18.3 Å². The van der Waals surface area contributed by atoms with Crippen molar-refractivity contribution < 1.29 is 0 Å². The van der Waals surface area contributed by atoms with Gasteiger partial charge in [0.05, 0.1) is 44.1 Å². The Morgan fingerprint density at radius 1 is 0.172 bits per heavy atom. The summed E-state index contributed by atoms with van der Waals surface area (Å²) in [4.78, 5) is 0. The van der Waals surface area contributed by atoms with Crippen molar-refractivity contribution in [3.05, 3.63) is 206 Å². The third kappa shape index (κ3) is 4.29. The number of rotatable bonds is 4. The van der Waals surface area contributed by atoms with Crippen LogP contribution in [0.4, 0.5) is 0 Å². The molecule has 0 amide bonds. The van der Waals surface area contributed by atoms with E-state index in [0.29, 0.717) is 0 Å². The molecule has 4 aromatic heterocycles. The number of benzene rings is 9. The summed E-state index contributed by atoms with van der Waals surface area (Å²) in [6, 6.07) is 75.5. The van der Waals surface area contributed by atoms with E-state index in [1.54, 1.807) is 0 Å². The Bertz CT molecular complexity index is 3740. The van der Waals surface area contributed by atoms with Gasteiger partial charge in [0, 0.05) is 65.8 Å². The first-order valence-corrected chi connectivity index (χ1v) is 19.9. The zero-order chi connectivity index (χ0) is 37.9. The molecule has 4 nitrogen and oxygen atoms in total. The van der Waals surface area contributed by atoms with Gasteiger partial charge in [0.1, 0.15) is 0 Å². The van der Waals surface area contributed by atoms with Crippen LogP contribution in [0, 0.1) is 0 Å². The van der Waals surface area contributed by atoms with E-state index in [1.807, 2.05) is 0 Å². The average Bonchev–Trinajstić information content (AvgIpc) is 4.01. The van der Waals surface area contributed by atoms with Crippen molar-refractivity contribution in [1.82, 2.24) is 18.3 Å². The highest BCUT2D eigenvalue weighted by Gasteiger charge is 2.20. The molecule has 0 N–H and O–H groups in total. The number of aromatic nitrogens is 4. The molecule has 13 rings (SSSR count). The van der Waals surface area contributed by atoms with Gasteiger partial charge in [-0.2, -0.15) is 0 Å². The zero-order valence-corrected chi connectivity index (χ0v) is 31.4. The van der Waals surface area contributed by atoms with Crippen molar-refractivity contribution in [3.63, 3.8) is 0 Å². The lowest BCUT2D eigenvalue weighted by Crippen LogP contribution is -1.99. The minimum absolute atomic E-state index is 1.13. The molecular weight excluding hydrogens is 705 g/mol. The third-order valence-electron chi connectivity index (χ3n) is 12.3. The van der Waals surface area contributed by atoms with Crippen molar-refractivity contribution in [2.45, 2.75) is 0 Å². The average molecular weight is 739 g/mol. The van der Waals surface area contributed by atoms with E-state index in [9.17, 15) is 0 Å². The summed E-state index contributed by atoms with van der Waals surface area (Å²) in [6.45, 7) is 0. The fourth-order valence-corrected chi connectivity index (χ4v) is 9.91. The highest BCUT2D eigenvalue weighted by atomic mass is 15.0. The van der Waals surface area contributed by atoms with E-state index in [4.69, 9.17) is 0 Å². The molecular formula is C54H34N4. The van der Waals surface area contributed by atoms with Gasteiger partial charge in [-0.1, -0.05) is 127 Å². The van der Waals surface area contributed by atoms with Gasteiger partial charge in [0.25, 0.3) is 0 Å². The van der Waals surface area contributed by atoms with Gasteiger partial charge in [-0.05, 0) is 78.9 Å². The maximum atomic E-state index is 2.46. The predicted molar refractivity (Wildman–Crippen MR) is 244 cm³/mol. The second-order valence-electron chi connectivity index (χ2n) is 15.4. The summed E-state index contributed by atoms with van der Waals surface area (Å²) in [6.07, 6.45) is 0. The quantitative estimate of drug-likeness (QED) is 0.171. The van der Waals surface area contributed by atoms with E-state index in [2.05, 4.69) is 225 Å². The van der Waals surface area contributed by atoms with Crippen molar-refractivity contribution in [1.29, 1.82) is 0 Å². The molecule has 0 saturated heterocycles. The summed E-state index contributed by atoms with van der Waals surface area (Å²) < 4.78 is 9.73. The number of fused-ring (bicyclic) bond motifs is 12. The molecule has 4 heterocycles. The number of hydrogen-bond donors (Lipinski definition) is 0. The van der Waals surface area contributed by atoms with Crippen molar-refractivity contribution >= 4 is 87.2 Å². The Balaban J connectivity index is 1.08. The van der Waals surface area contributed by atoms with Crippen LogP contribution in [0.15, 0.2) is 206 Å². The smallest absolute Gasteiger partial charge is 0.0561 e. The molecule has 0 unspecified atom stereocenters. The molecule has 0 aliphatic rings. The largest absolute Gasteiger partial charge is 0.309 e. The Morgan fingerprint density at radius 3 is 0.741 bits per heavy atom. The van der Waals surface area contributed by atoms with Crippen LogP contribution < -0.4 is 0 Å². The van der Waals surface area contributed by atoms with Crippen molar-refractivity contribution in [3.8, 4) is 22.7 Å². The highest BCUT2D eigenvalue weighted by Crippen LogP contribution is 2.40. The molecule has 0 fully saturated rings. The van der Waals surface area contributed by atoms with Crippen LogP contribution >= 0.6 is 0 Å². The Labute approximate surface area is 333 Å². The molecule has 270 valence electrons. The molecule has 9 aromatic carbocycles. The second-order valence-corrected chi connectivity index (χ2v) is 15.4. The van der Waals surface area contributed by atoms with E-state index in [1.165, 1.54) is 87.2 Å². The SMILES string of the molecule is c1ccc(-n2c3ccccc3c3ccc(-n4c5ccccc5c5ccc(-n6c7ccccc7c7ccc(-n8c9ccccc9c9ccccc98)cc76)cc54)cc32)cc1. The molecule has 13 aromatic rings. The highest BCUT2D eigenvalue weighted by molar-refractivity contribution is 6.14. The van der Waals surface area contributed by atoms with Crippen LogP contribution in [0.25, 0.3) is 110 Å². The first kappa shape index (κ1) is 31.4. The van der Waals surface area contributed by atoms with Crippen molar-refractivity contribution in [2.24, 2.45) is 0 Å². The molecule has 58 heavy (non-hydrogen) atoms. The van der Waals surface area contributed by atoms with Gasteiger partial charge in [-0.25, -0.2) is 0 Å². The molecule has 0 aliphatic carbocycles. The summed E-state index contributed by atoms with van der Waals surface area (Å²) in [5.41, 5.74) is 14.1. The third-order valence-corrected chi connectivity index (χ3v) is 12.3. The van der Waals surface area contributed by atoms with E-state index >= 15 is 0 Å². The molecule has 0 spiro atoms. The van der Waals surface area contributed by atoms with E-state index in [-0.39, 0.29) is 0 Å². The summed E-state index contributed by atoms with van der Waals surface area (Å²) in [7, 11) is 0. The van der Waals surface area contributed by atoms with E-state index in [0.717, 1.165) is 22.7 Å². The Morgan fingerprint density at radius 2 is 0.414 bits per heavy atom. The van der Waals surface area contributed by atoms with Crippen LogP contribution in [-0.2, 0) is 0 Å². The normalized spacial score (nSPS) is 12.1. The standard InChI is InChI=1S/C54H34N4/c1-2-14-35(15-3-1)55-47-21-9-6-18-41(47)44-30-27-37(33-52(44)55)57-50-24-12-8-20-43(50)46-31-28-38(34-54(46)57)58-51-25-13-7-19-42(51)45-29-26-36(32-53(45)58)56-48-22-10-4-16-39(48)40-17-5-11-23-49(40)56/h1-34H. The van der Waals surface area contributed by atoms with Crippen LogP contribution in [-0.4, -0.2) is 18.3 Å². The Hall–Kier alpha value is -7.82. The van der Waals surface area contributed by atoms with Gasteiger partial charge in [-0.15, -0.1) is 0 Å². The van der Waals surface area contributed by atoms with Crippen molar-refractivity contribution in [2.75, 3.05) is 0 Å². The minimum atomic E-state index is 1.13. The lowest BCUT2D eigenvalue weighted by atomic mass is 10.1. The number of nitrogens with zero attached hydrogens (tertiary/aromatic N) is 4. The monoisotopic (exact) mass is 738 g/mol. The topological polar surface area (TPSA) is 19.7 Å². The summed E-state index contributed by atoms with van der Waals surface area (Å²) in [5.74, 6) is 0. The Kier molecular flexibility index (Phi) is 6.41. The number of hydrogen-bond acceptors (Lipinski definition) is 0. The molecule has 0 aliphatic heterocycles. The van der Waals surface area contributed by atoms with Crippen LogP contribution in [0.2, 0.25) is 0 Å². The summed E-state index contributed by atoms with van der Waals surface area (Å²) in [5, 5.41) is 9.97. The molecule has 0 saturated carbocycles.